The van der Waals surface area contributed by atoms with E-state index in [1.165, 1.54) is 38.9 Å². The van der Waals surface area contributed by atoms with Crippen LogP contribution in [0.4, 0.5) is 5.69 Å². The summed E-state index contributed by atoms with van der Waals surface area (Å²) in [5.41, 5.74) is 0.971. The van der Waals surface area contributed by atoms with Crippen LogP contribution in [0.15, 0.2) is 12.3 Å². The molecule has 2 rings (SSSR count). The maximum absolute atomic E-state index is 5.81. The number of piperidine rings is 1. The zero-order valence-corrected chi connectivity index (χ0v) is 11.0. The van der Waals surface area contributed by atoms with Gasteiger partial charge in [0.25, 0.3) is 0 Å². The van der Waals surface area contributed by atoms with Crippen molar-refractivity contribution in [2.75, 3.05) is 25.0 Å². The second kappa shape index (κ2) is 6.17. The lowest BCUT2D eigenvalue weighted by Crippen LogP contribution is -2.39. The van der Waals surface area contributed by atoms with Gasteiger partial charge in [-0.25, -0.2) is 0 Å². The van der Waals surface area contributed by atoms with Gasteiger partial charge >= 0.3 is 0 Å². The third-order valence-electron chi connectivity index (χ3n) is 3.12. The second-order valence-corrected chi connectivity index (χ2v) is 4.91. The van der Waals surface area contributed by atoms with E-state index < -0.39 is 0 Å². The van der Waals surface area contributed by atoms with Gasteiger partial charge in [0.15, 0.2) is 5.15 Å². The van der Waals surface area contributed by atoms with Gasteiger partial charge in [-0.3, -0.25) is 0 Å². The van der Waals surface area contributed by atoms with Crippen LogP contribution in [-0.4, -0.2) is 40.8 Å². The molecule has 0 unspecified atom stereocenters. The van der Waals surface area contributed by atoms with Crippen LogP contribution >= 0.6 is 11.6 Å². The number of hydrogen-bond donors (Lipinski definition) is 1. The van der Waals surface area contributed by atoms with Crippen molar-refractivity contribution in [1.29, 1.82) is 0 Å². The van der Waals surface area contributed by atoms with Gasteiger partial charge in [0.05, 0.1) is 11.9 Å². The molecular weight excluding hydrogens is 236 g/mol. The van der Waals surface area contributed by atoms with E-state index in [0.717, 1.165) is 5.69 Å². The van der Waals surface area contributed by atoms with E-state index in [1.807, 2.05) is 6.07 Å². The first-order valence-electron chi connectivity index (χ1n) is 6.25. The minimum absolute atomic E-state index is 0.443. The Morgan fingerprint density at radius 1 is 1.47 bits per heavy atom. The van der Waals surface area contributed by atoms with Gasteiger partial charge in [-0.05, 0) is 25.8 Å². The minimum Gasteiger partial charge on any atom is -0.381 e. The lowest BCUT2D eigenvalue weighted by Gasteiger charge is -2.32. The molecule has 17 heavy (non-hydrogen) atoms. The van der Waals surface area contributed by atoms with E-state index in [4.69, 9.17) is 11.6 Å². The number of hydrogen-bond acceptors (Lipinski definition) is 4. The Morgan fingerprint density at radius 3 is 2.88 bits per heavy atom. The largest absolute Gasteiger partial charge is 0.381 e. The molecule has 1 aliphatic heterocycles. The fourth-order valence-electron chi connectivity index (χ4n) is 2.27. The molecule has 0 spiro atoms. The van der Waals surface area contributed by atoms with E-state index in [0.29, 0.717) is 11.2 Å². The summed E-state index contributed by atoms with van der Waals surface area (Å²) in [4.78, 5) is 2.52. The molecule has 0 saturated carbocycles. The van der Waals surface area contributed by atoms with Gasteiger partial charge < -0.3 is 10.2 Å². The molecule has 0 amide bonds. The van der Waals surface area contributed by atoms with Gasteiger partial charge in [0.2, 0.25) is 0 Å². The molecule has 0 radical (unpaired) electrons. The van der Waals surface area contributed by atoms with Gasteiger partial charge in [0.1, 0.15) is 0 Å². The van der Waals surface area contributed by atoms with Crippen molar-refractivity contribution < 1.29 is 0 Å². The first-order valence-corrected chi connectivity index (χ1v) is 6.63. The fraction of sp³-hybridized carbons (Fsp3) is 0.667. The van der Waals surface area contributed by atoms with Crippen LogP contribution in [0.5, 0.6) is 0 Å². The molecular formula is C12H19ClN4. The number of aromatic nitrogens is 2. The van der Waals surface area contributed by atoms with E-state index in [9.17, 15) is 0 Å². The van der Waals surface area contributed by atoms with Crippen molar-refractivity contribution in [2.45, 2.75) is 32.2 Å². The normalized spacial score (nSPS) is 18.2. The topological polar surface area (TPSA) is 41.0 Å². The van der Waals surface area contributed by atoms with Gasteiger partial charge in [-0.1, -0.05) is 18.5 Å². The van der Waals surface area contributed by atoms with Crippen molar-refractivity contribution in [2.24, 2.45) is 0 Å². The molecule has 1 aromatic heterocycles. The third kappa shape index (κ3) is 3.82. The number of nitrogens with one attached hydrogen (secondary N) is 1. The average Bonchev–Trinajstić information content (AvgIpc) is 2.32. The Balaban J connectivity index is 1.82. The van der Waals surface area contributed by atoms with E-state index >= 15 is 0 Å². The molecule has 1 aliphatic rings. The van der Waals surface area contributed by atoms with Crippen LogP contribution in [0.25, 0.3) is 0 Å². The van der Waals surface area contributed by atoms with Crippen LogP contribution < -0.4 is 5.32 Å². The van der Waals surface area contributed by atoms with Crippen molar-refractivity contribution in [3.63, 3.8) is 0 Å². The lowest BCUT2D eigenvalue weighted by atomic mass is 10.0. The summed E-state index contributed by atoms with van der Waals surface area (Å²) in [5, 5.41) is 11.5. The van der Waals surface area contributed by atoms with Gasteiger partial charge in [-0.2, -0.15) is 5.10 Å². The van der Waals surface area contributed by atoms with Crippen LogP contribution in [0, 0.1) is 0 Å². The SMILES string of the molecule is CCCN1CCC(Nc2cnnc(Cl)c2)CC1. The fourth-order valence-corrected chi connectivity index (χ4v) is 2.43. The Morgan fingerprint density at radius 2 is 2.24 bits per heavy atom. The Labute approximate surface area is 107 Å². The molecule has 0 aliphatic carbocycles. The Kier molecular flexibility index (Phi) is 4.57. The van der Waals surface area contributed by atoms with Crippen molar-refractivity contribution >= 4 is 17.3 Å². The molecule has 1 saturated heterocycles. The molecule has 1 aromatic rings. The molecule has 0 bridgehead atoms. The summed E-state index contributed by atoms with van der Waals surface area (Å²) in [7, 11) is 0. The van der Waals surface area contributed by atoms with Crippen molar-refractivity contribution in [3.05, 3.63) is 17.4 Å². The molecule has 5 heteroatoms. The van der Waals surface area contributed by atoms with Crippen LogP contribution in [-0.2, 0) is 0 Å². The molecule has 1 fully saturated rings. The number of rotatable bonds is 4. The Bertz CT molecular complexity index is 350. The average molecular weight is 255 g/mol. The molecule has 0 atom stereocenters. The molecule has 94 valence electrons. The van der Waals surface area contributed by atoms with Crippen LogP contribution in [0.2, 0.25) is 5.15 Å². The second-order valence-electron chi connectivity index (χ2n) is 4.53. The lowest BCUT2D eigenvalue weighted by molar-refractivity contribution is 0.219. The smallest absolute Gasteiger partial charge is 0.153 e. The van der Waals surface area contributed by atoms with E-state index in [-0.39, 0.29) is 0 Å². The zero-order chi connectivity index (χ0) is 12.1. The van der Waals surface area contributed by atoms with Crippen molar-refractivity contribution in [1.82, 2.24) is 15.1 Å². The third-order valence-corrected chi connectivity index (χ3v) is 3.31. The molecule has 0 aromatic carbocycles. The van der Waals surface area contributed by atoms with Gasteiger partial charge in [0, 0.05) is 25.2 Å². The van der Waals surface area contributed by atoms with Crippen LogP contribution in [0.3, 0.4) is 0 Å². The number of likely N-dealkylation sites (tertiary alicyclic amines) is 1. The van der Waals surface area contributed by atoms with E-state index in [2.05, 4.69) is 27.3 Å². The summed E-state index contributed by atoms with van der Waals surface area (Å²) >= 11 is 5.81. The van der Waals surface area contributed by atoms with Gasteiger partial charge in [-0.15, -0.1) is 5.10 Å². The first kappa shape index (κ1) is 12.6. The predicted molar refractivity (Wildman–Crippen MR) is 70.4 cm³/mol. The highest BCUT2D eigenvalue weighted by Gasteiger charge is 2.18. The van der Waals surface area contributed by atoms with Crippen LogP contribution in [0.1, 0.15) is 26.2 Å². The number of anilines is 1. The highest BCUT2D eigenvalue weighted by Crippen LogP contribution is 2.17. The van der Waals surface area contributed by atoms with E-state index in [1.54, 1.807) is 6.20 Å². The minimum atomic E-state index is 0.443. The zero-order valence-electron chi connectivity index (χ0n) is 10.2. The highest BCUT2D eigenvalue weighted by molar-refractivity contribution is 6.29. The Hall–Kier alpha value is -0.870. The van der Waals surface area contributed by atoms with Crippen molar-refractivity contribution in [3.8, 4) is 0 Å². The molecule has 1 N–H and O–H groups in total. The predicted octanol–water partition coefficient (Wildman–Crippen LogP) is 2.42. The summed E-state index contributed by atoms with van der Waals surface area (Å²) < 4.78 is 0. The summed E-state index contributed by atoms with van der Waals surface area (Å²) in [6.45, 7) is 5.81. The first-order chi connectivity index (χ1) is 8.28. The quantitative estimate of drug-likeness (QED) is 0.896. The number of nitrogens with zero attached hydrogens (tertiary/aromatic N) is 3. The number of halogens is 1. The maximum Gasteiger partial charge on any atom is 0.153 e. The summed E-state index contributed by atoms with van der Waals surface area (Å²) in [6, 6.07) is 2.36. The summed E-state index contributed by atoms with van der Waals surface area (Å²) in [5.74, 6) is 0. The molecule has 4 nitrogen and oxygen atoms in total. The monoisotopic (exact) mass is 254 g/mol. The highest BCUT2D eigenvalue weighted by atomic mass is 35.5. The summed E-state index contributed by atoms with van der Waals surface area (Å²) in [6.07, 6.45) is 5.33. The standard InChI is InChI=1S/C12H19ClN4/c1-2-5-17-6-3-10(4-7-17)15-11-8-12(13)16-14-9-11/h8-10H,2-7H2,1H3,(H,15,16). The molecule has 2 heterocycles. The maximum atomic E-state index is 5.81.